The van der Waals surface area contributed by atoms with E-state index >= 15 is 0 Å². The molecule has 1 saturated heterocycles. The van der Waals surface area contributed by atoms with Crippen molar-refractivity contribution in [3.63, 3.8) is 0 Å². The maximum absolute atomic E-state index is 11.4. The van der Waals surface area contributed by atoms with E-state index in [0.29, 0.717) is 24.3 Å². The average molecular weight is 235 g/mol. The Balaban J connectivity index is 2.51. The number of hydrazine groups is 1. The first kappa shape index (κ1) is 11.3. The second-order valence-electron chi connectivity index (χ2n) is 3.84. The smallest absolute Gasteiger partial charge is 0.337 e. The largest absolute Gasteiger partial charge is 0.478 e. The molecule has 0 saturated carbocycles. The van der Waals surface area contributed by atoms with Crippen LogP contribution in [0.15, 0.2) is 18.2 Å². The highest BCUT2D eigenvalue weighted by Crippen LogP contribution is 2.31. The Hall–Kier alpha value is -2.24. The van der Waals surface area contributed by atoms with Gasteiger partial charge in [-0.15, -0.1) is 0 Å². The molecule has 0 aromatic heterocycles. The average Bonchev–Trinajstić information content (AvgIpc) is 2.60. The summed E-state index contributed by atoms with van der Waals surface area (Å²) < 4.78 is 0. The molecule has 0 atom stereocenters. The van der Waals surface area contributed by atoms with Gasteiger partial charge in [0.15, 0.2) is 0 Å². The topological polar surface area (TPSA) is 86.9 Å². The van der Waals surface area contributed by atoms with Crippen LogP contribution in [-0.4, -0.2) is 35.6 Å². The number of nitrogen functional groups attached to an aromatic ring is 1. The molecule has 1 aromatic rings. The molecule has 6 heteroatoms. The number of hydrogen-bond donors (Lipinski definition) is 2. The standard InChI is InChI=1S/C11H13N3O3/c1-13-9(15)5-6-14(13)10-7(11(16)17)3-2-4-8(10)12/h2-4H,5-6,12H2,1H3,(H,16,17). The minimum absolute atomic E-state index is 0.0513. The zero-order valence-corrected chi connectivity index (χ0v) is 9.38. The van der Waals surface area contributed by atoms with Gasteiger partial charge in [-0.3, -0.25) is 14.8 Å². The summed E-state index contributed by atoms with van der Waals surface area (Å²) in [7, 11) is 1.60. The number of carboxylic acid groups (broad SMARTS) is 1. The van der Waals surface area contributed by atoms with Crippen LogP contribution in [0, 0.1) is 0 Å². The zero-order chi connectivity index (χ0) is 12.6. The van der Waals surface area contributed by atoms with Gasteiger partial charge in [-0.1, -0.05) is 6.07 Å². The zero-order valence-electron chi connectivity index (χ0n) is 9.38. The maximum atomic E-state index is 11.4. The summed E-state index contributed by atoms with van der Waals surface area (Å²) in [5, 5.41) is 12.1. The minimum atomic E-state index is -1.06. The lowest BCUT2D eigenvalue weighted by molar-refractivity contribution is -0.126. The predicted molar refractivity (Wildman–Crippen MR) is 62.5 cm³/mol. The Morgan fingerprint density at radius 2 is 2.18 bits per heavy atom. The first-order chi connectivity index (χ1) is 8.02. The molecule has 17 heavy (non-hydrogen) atoms. The predicted octanol–water partition coefficient (Wildman–Crippen LogP) is 0.550. The molecule has 6 nitrogen and oxygen atoms in total. The molecular weight excluding hydrogens is 222 g/mol. The van der Waals surface area contributed by atoms with Gasteiger partial charge >= 0.3 is 5.97 Å². The molecule has 1 aliphatic rings. The summed E-state index contributed by atoms with van der Waals surface area (Å²) in [6.07, 6.45) is 0.365. The number of anilines is 2. The van der Waals surface area contributed by atoms with Crippen molar-refractivity contribution in [2.45, 2.75) is 6.42 Å². The fourth-order valence-electron chi connectivity index (χ4n) is 1.93. The van der Waals surface area contributed by atoms with Gasteiger partial charge in [-0.2, -0.15) is 0 Å². The number of carbonyl (C=O) groups excluding carboxylic acids is 1. The molecule has 1 aromatic carbocycles. The van der Waals surface area contributed by atoms with E-state index in [1.807, 2.05) is 0 Å². The Kier molecular flexibility index (Phi) is 2.63. The molecule has 0 radical (unpaired) electrons. The van der Waals surface area contributed by atoms with Crippen molar-refractivity contribution >= 4 is 23.3 Å². The summed E-state index contributed by atoms with van der Waals surface area (Å²) in [6, 6.07) is 4.68. The van der Waals surface area contributed by atoms with Crippen molar-refractivity contribution < 1.29 is 14.7 Å². The number of rotatable bonds is 2. The van der Waals surface area contributed by atoms with Crippen molar-refractivity contribution in [2.75, 3.05) is 24.3 Å². The highest BCUT2D eigenvalue weighted by atomic mass is 16.4. The monoisotopic (exact) mass is 235 g/mol. The molecule has 1 amide bonds. The van der Waals surface area contributed by atoms with Gasteiger partial charge in [0.2, 0.25) is 5.91 Å². The van der Waals surface area contributed by atoms with E-state index in [-0.39, 0.29) is 11.5 Å². The van der Waals surface area contributed by atoms with Crippen molar-refractivity contribution in [2.24, 2.45) is 0 Å². The van der Waals surface area contributed by atoms with E-state index in [1.54, 1.807) is 24.2 Å². The number of hydrogen-bond acceptors (Lipinski definition) is 4. The van der Waals surface area contributed by atoms with E-state index in [4.69, 9.17) is 10.8 Å². The maximum Gasteiger partial charge on any atom is 0.337 e. The molecule has 1 aliphatic heterocycles. The van der Waals surface area contributed by atoms with Crippen molar-refractivity contribution in [3.8, 4) is 0 Å². The van der Waals surface area contributed by atoms with Crippen LogP contribution in [0.5, 0.6) is 0 Å². The first-order valence-electron chi connectivity index (χ1n) is 5.18. The second kappa shape index (κ2) is 3.97. The number of benzene rings is 1. The van der Waals surface area contributed by atoms with Crippen LogP contribution < -0.4 is 10.7 Å². The molecule has 1 fully saturated rings. The number of aromatic carboxylic acids is 1. The van der Waals surface area contributed by atoms with Crippen molar-refractivity contribution in [1.29, 1.82) is 0 Å². The fourth-order valence-corrected chi connectivity index (χ4v) is 1.93. The van der Waals surface area contributed by atoms with E-state index in [1.165, 1.54) is 11.1 Å². The van der Waals surface area contributed by atoms with Gasteiger partial charge in [-0.25, -0.2) is 4.79 Å². The summed E-state index contributed by atoms with van der Waals surface area (Å²) in [6.45, 7) is 0.448. The summed E-state index contributed by atoms with van der Waals surface area (Å²) >= 11 is 0. The van der Waals surface area contributed by atoms with Crippen molar-refractivity contribution in [3.05, 3.63) is 23.8 Å². The van der Waals surface area contributed by atoms with Crippen LogP contribution in [0.4, 0.5) is 11.4 Å². The minimum Gasteiger partial charge on any atom is -0.478 e. The van der Waals surface area contributed by atoms with Crippen LogP contribution in [0.3, 0.4) is 0 Å². The Bertz CT molecular complexity index is 487. The summed E-state index contributed by atoms with van der Waals surface area (Å²) in [5.41, 5.74) is 6.64. The molecule has 90 valence electrons. The lowest BCUT2D eigenvalue weighted by atomic mass is 10.1. The molecule has 0 bridgehead atoms. The third-order valence-corrected chi connectivity index (χ3v) is 2.82. The number of amides is 1. The van der Waals surface area contributed by atoms with Crippen LogP contribution >= 0.6 is 0 Å². The normalized spacial score (nSPS) is 15.5. The van der Waals surface area contributed by atoms with Gasteiger partial charge in [0.25, 0.3) is 0 Å². The van der Waals surface area contributed by atoms with Gasteiger partial charge in [0, 0.05) is 20.0 Å². The van der Waals surface area contributed by atoms with E-state index in [2.05, 4.69) is 0 Å². The molecular formula is C11H13N3O3. The number of nitrogens with zero attached hydrogens (tertiary/aromatic N) is 2. The van der Waals surface area contributed by atoms with Gasteiger partial charge < -0.3 is 10.8 Å². The van der Waals surface area contributed by atoms with Crippen LogP contribution in [0.25, 0.3) is 0 Å². The number of carboxylic acids is 1. The molecule has 3 N–H and O–H groups in total. The lowest BCUT2D eigenvalue weighted by Gasteiger charge is -2.28. The van der Waals surface area contributed by atoms with Gasteiger partial charge in [-0.05, 0) is 12.1 Å². The summed E-state index contributed by atoms with van der Waals surface area (Å²) in [5.74, 6) is -1.11. The quantitative estimate of drug-likeness (QED) is 0.731. The lowest BCUT2D eigenvalue weighted by Crippen LogP contribution is -2.37. The van der Waals surface area contributed by atoms with Gasteiger partial charge in [0.1, 0.15) is 0 Å². The Morgan fingerprint density at radius 1 is 1.47 bits per heavy atom. The fraction of sp³-hybridized carbons (Fsp3) is 0.273. The highest BCUT2D eigenvalue weighted by molar-refractivity contribution is 5.99. The third kappa shape index (κ3) is 1.77. The molecule has 2 rings (SSSR count). The van der Waals surface area contributed by atoms with Crippen molar-refractivity contribution in [1.82, 2.24) is 5.01 Å². The SMILES string of the molecule is CN1C(=O)CCN1c1c(N)cccc1C(=O)O. The first-order valence-corrected chi connectivity index (χ1v) is 5.18. The van der Waals surface area contributed by atoms with Crippen LogP contribution in [0.2, 0.25) is 0 Å². The van der Waals surface area contributed by atoms with Crippen LogP contribution in [-0.2, 0) is 4.79 Å². The number of nitrogens with two attached hydrogens (primary N) is 1. The molecule has 0 unspecified atom stereocenters. The number of para-hydroxylation sites is 1. The molecule has 1 heterocycles. The Morgan fingerprint density at radius 3 is 2.71 bits per heavy atom. The third-order valence-electron chi connectivity index (χ3n) is 2.82. The van der Waals surface area contributed by atoms with E-state index in [0.717, 1.165) is 0 Å². The van der Waals surface area contributed by atoms with Crippen LogP contribution in [0.1, 0.15) is 16.8 Å². The second-order valence-corrected chi connectivity index (χ2v) is 3.84. The summed E-state index contributed by atoms with van der Waals surface area (Å²) in [4.78, 5) is 22.6. The van der Waals surface area contributed by atoms with Gasteiger partial charge in [0.05, 0.1) is 16.9 Å². The Labute approximate surface area is 98.2 Å². The molecule has 0 aliphatic carbocycles. The molecule has 0 spiro atoms. The number of carbonyl (C=O) groups is 2. The highest BCUT2D eigenvalue weighted by Gasteiger charge is 2.29. The van der Waals surface area contributed by atoms with E-state index < -0.39 is 5.97 Å². The van der Waals surface area contributed by atoms with E-state index in [9.17, 15) is 9.59 Å².